The number of ether oxygens (including phenoxy) is 1. The van der Waals surface area contributed by atoms with Crippen molar-refractivity contribution in [1.82, 2.24) is 0 Å². The molecule has 3 heteroatoms. The molecule has 3 nitrogen and oxygen atoms in total. The van der Waals surface area contributed by atoms with Gasteiger partial charge in [-0.05, 0) is 11.9 Å². The van der Waals surface area contributed by atoms with E-state index in [-0.39, 0.29) is 13.0 Å². The first-order chi connectivity index (χ1) is 15.8. The van der Waals surface area contributed by atoms with Crippen molar-refractivity contribution >= 4 is 11.8 Å². The Labute approximate surface area is 148 Å². The monoisotopic (exact) mass is 305 g/mol. The third kappa shape index (κ3) is 7.64. The summed E-state index contributed by atoms with van der Waals surface area (Å²) < 4.78 is 121. The van der Waals surface area contributed by atoms with Gasteiger partial charge in [0.25, 0.3) is 0 Å². The van der Waals surface area contributed by atoms with Gasteiger partial charge < -0.3 is 4.74 Å². The Balaban J connectivity index is 3.41. The van der Waals surface area contributed by atoms with Crippen LogP contribution in [0.1, 0.15) is 88.5 Å². The average molecular weight is 305 g/mol. The number of ketones is 1. The molecular weight excluding hydrogens is 264 g/mol. The Morgan fingerprint density at radius 1 is 1.14 bits per heavy atom. The zero-order valence-electron chi connectivity index (χ0n) is 26.4. The summed E-state index contributed by atoms with van der Waals surface area (Å²) in [6.07, 6.45) is -24.5. The Kier molecular flexibility index (Phi) is 2.67. The van der Waals surface area contributed by atoms with E-state index >= 15 is 0 Å². The number of hydrogen-bond acceptors (Lipinski definition) is 3. The van der Waals surface area contributed by atoms with Crippen molar-refractivity contribution in [3.05, 3.63) is 35.4 Å². The number of esters is 1. The van der Waals surface area contributed by atoms with E-state index in [1.165, 1.54) is 19.1 Å². The molecule has 1 aromatic rings. The maximum Gasteiger partial charge on any atom is 0.302 e. The van der Waals surface area contributed by atoms with Crippen molar-refractivity contribution in [2.45, 2.75) is 58.4 Å². The van der Waals surface area contributed by atoms with Gasteiger partial charge in [-0.15, -0.1) is 0 Å². The summed E-state index contributed by atoms with van der Waals surface area (Å²) in [5, 5.41) is 0. The van der Waals surface area contributed by atoms with Crippen molar-refractivity contribution in [3.63, 3.8) is 0 Å². The summed E-state index contributed by atoms with van der Waals surface area (Å²) in [6.45, 7) is -2.56. The first-order valence-electron chi connectivity index (χ1n) is 13.6. The molecule has 0 heterocycles. The molecule has 0 aliphatic carbocycles. The Hall–Kier alpha value is -1.64. The summed E-state index contributed by atoms with van der Waals surface area (Å²) in [5.41, 5.74) is 0.125. The van der Waals surface area contributed by atoms with Gasteiger partial charge in [0.15, 0.2) is 5.78 Å². The van der Waals surface area contributed by atoms with Crippen LogP contribution in [0.25, 0.3) is 0 Å². The molecule has 1 rings (SSSR count). The topological polar surface area (TPSA) is 43.4 Å². The second-order valence-electron chi connectivity index (χ2n) is 3.87. The first kappa shape index (κ1) is 5.53. The van der Waals surface area contributed by atoms with E-state index in [0.717, 1.165) is 12.1 Å². The number of Topliss-reactive ketones (excluding diaryl/α,β-unsaturated/α-hetero) is 1. The lowest BCUT2D eigenvalue weighted by molar-refractivity contribution is -0.140. The lowest BCUT2D eigenvalue weighted by atomic mass is 10.0. The van der Waals surface area contributed by atoms with Crippen LogP contribution in [0.2, 0.25) is 0 Å². The molecule has 0 saturated carbocycles. The van der Waals surface area contributed by atoms with Crippen molar-refractivity contribution in [3.8, 4) is 0 Å². The van der Waals surface area contributed by atoms with Crippen LogP contribution >= 0.6 is 0 Å². The third-order valence-corrected chi connectivity index (χ3v) is 2.34. The van der Waals surface area contributed by atoms with Crippen LogP contribution in [-0.4, -0.2) is 18.4 Å². The number of carbonyl (C=O) groups is 2. The summed E-state index contributed by atoms with van der Waals surface area (Å²) in [7, 11) is 0. The van der Waals surface area contributed by atoms with E-state index in [0.29, 0.717) is 5.56 Å². The van der Waals surface area contributed by atoms with E-state index in [4.69, 9.17) is 25.3 Å². The van der Waals surface area contributed by atoms with E-state index in [1.54, 1.807) is 0 Å². The van der Waals surface area contributed by atoms with Crippen LogP contribution in [0.15, 0.2) is 24.3 Å². The maximum atomic E-state index is 12.9. The van der Waals surface area contributed by atoms with Crippen LogP contribution in [0, 0.1) is 0 Å². The molecular formula is C18H26O3. The summed E-state index contributed by atoms with van der Waals surface area (Å²) in [6, 6.07) is 4.88. The maximum absolute atomic E-state index is 12.9. The number of hydrogen-bond donors (Lipinski definition) is 0. The standard InChI is InChI=1S/C18H26O3/c1-3-4-5-6-7-8-18(20)17-11-9-16(10-12-17)13-14-21-15(2)19/h9-12H,3-8,13-14H2,1-2H3/i1D3,3D2,4D2,5D2,6D2,7D2,8D2. The minimum Gasteiger partial charge on any atom is -0.466 e. The smallest absolute Gasteiger partial charge is 0.302 e. The average Bonchev–Trinajstić information content (AvgIpc) is 2.71. The molecule has 0 unspecified atom stereocenters. The molecule has 0 aliphatic rings. The minimum atomic E-state index is -4.28. The molecule has 0 aromatic heterocycles. The normalized spacial score (nSPS) is 25.7. The molecule has 0 saturated heterocycles. The van der Waals surface area contributed by atoms with Gasteiger partial charge in [0.05, 0.1) is 6.61 Å². The molecule has 0 bridgehead atoms. The molecule has 0 atom stereocenters. The fourth-order valence-electron chi connectivity index (χ4n) is 1.39. The van der Waals surface area contributed by atoms with E-state index < -0.39 is 62.4 Å². The highest BCUT2D eigenvalue weighted by molar-refractivity contribution is 5.96. The van der Waals surface area contributed by atoms with Crippen LogP contribution in [0.3, 0.4) is 0 Å². The van der Waals surface area contributed by atoms with Crippen LogP contribution in [-0.2, 0) is 16.0 Å². The Morgan fingerprint density at radius 2 is 1.86 bits per heavy atom. The Bertz CT molecular complexity index is 965. The summed E-state index contributed by atoms with van der Waals surface area (Å²) in [4.78, 5) is 23.7. The molecule has 0 spiro atoms. The number of benzene rings is 1. The second kappa shape index (κ2) is 10.1. The van der Waals surface area contributed by atoms with Gasteiger partial charge in [0.2, 0.25) is 0 Å². The molecule has 1 aromatic carbocycles. The fraction of sp³-hybridized carbons (Fsp3) is 0.556. The number of carbonyl (C=O) groups excluding carboxylic acids is 2. The molecule has 116 valence electrons. The van der Waals surface area contributed by atoms with Gasteiger partial charge in [0.1, 0.15) is 0 Å². The quantitative estimate of drug-likeness (QED) is 0.477. The van der Waals surface area contributed by atoms with Crippen molar-refractivity contribution < 1.29 is 34.9 Å². The molecule has 0 aliphatic heterocycles. The second-order valence-corrected chi connectivity index (χ2v) is 3.87. The fourth-order valence-corrected chi connectivity index (χ4v) is 1.39. The predicted molar refractivity (Wildman–Crippen MR) is 84.5 cm³/mol. The van der Waals surface area contributed by atoms with Crippen LogP contribution < -0.4 is 0 Å². The van der Waals surface area contributed by atoms with Gasteiger partial charge in [-0.25, -0.2) is 0 Å². The molecule has 0 fully saturated rings. The van der Waals surface area contributed by atoms with E-state index in [1.807, 2.05) is 0 Å². The predicted octanol–water partition coefficient (Wildman–Crippen LogP) is 4.34. The molecule has 0 radical (unpaired) electrons. The van der Waals surface area contributed by atoms with E-state index in [9.17, 15) is 9.59 Å². The van der Waals surface area contributed by atoms with Gasteiger partial charge >= 0.3 is 5.97 Å². The number of rotatable bonds is 10. The van der Waals surface area contributed by atoms with Crippen molar-refractivity contribution in [2.75, 3.05) is 6.61 Å². The molecule has 21 heavy (non-hydrogen) atoms. The highest BCUT2D eigenvalue weighted by Crippen LogP contribution is 2.11. The Morgan fingerprint density at radius 3 is 2.52 bits per heavy atom. The van der Waals surface area contributed by atoms with Crippen molar-refractivity contribution in [2.24, 2.45) is 0 Å². The summed E-state index contributed by atoms with van der Waals surface area (Å²) >= 11 is 0. The zero-order valence-corrected chi connectivity index (χ0v) is 11.4. The lowest BCUT2D eigenvalue weighted by Gasteiger charge is -2.05. The summed E-state index contributed by atoms with van der Waals surface area (Å²) in [5.74, 6) is -2.12. The highest BCUT2D eigenvalue weighted by Gasteiger charge is 2.05. The first-order valence-corrected chi connectivity index (χ1v) is 6.08. The molecule has 0 amide bonds. The van der Waals surface area contributed by atoms with Crippen LogP contribution in [0.4, 0.5) is 0 Å². The van der Waals surface area contributed by atoms with Crippen molar-refractivity contribution in [1.29, 1.82) is 0 Å². The highest BCUT2D eigenvalue weighted by atomic mass is 16.5. The largest absolute Gasteiger partial charge is 0.466 e. The van der Waals surface area contributed by atoms with Gasteiger partial charge in [0, 0.05) is 45.8 Å². The lowest BCUT2D eigenvalue weighted by Crippen LogP contribution is -2.04. The molecule has 0 N–H and O–H groups in total. The van der Waals surface area contributed by atoms with Gasteiger partial charge in [-0.2, -0.15) is 0 Å². The minimum absolute atomic E-state index is 0.0209. The SMILES string of the molecule is [2H]C([2H])([2H])C([2H])([2H])C([2H])([2H])C([2H])([2H])C([2H])([2H])C([2H])([2H])C([2H])([2H])C(=O)c1ccc(CCOC(C)=O)cc1. The zero-order chi connectivity index (χ0) is 28.8. The third-order valence-electron chi connectivity index (χ3n) is 2.34. The van der Waals surface area contributed by atoms with Crippen LogP contribution in [0.5, 0.6) is 0 Å². The van der Waals surface area contributed by atoms with Gasteiger partial charge in [-0.1, -0.05) is 56.6 Å². The van der Waals surface area contributed by atoms with E-state index in [2.05, 4.69) is 0 Å². The van der Waals surface area contributed by atoms with Gasteiger partial charge in [-0.3, -0.25) is 9.59 Å².